The summed E-state index contributed by atoms with van der Waals surface area (Å²) >= 11 is 12.0. The quantitative estimate of drug-likeness (QED) is 0.592. The van der Waals surface area contributed by atoms with Gasteiger partial charge in [-0.2, -0.15) is 0 Å². The fourth-order valence-corrected chi connectivity index (χ4v) is 3.82. The van der Waals surface area contributed by atoms with E-state index in [0.717, 1.165) is 11.1 Å². The van der Waals surface area contributed by atoms with Crippen molar-refractivity contribution in [2.75, 3.05) is 6.61 Å². The number of halogens is 2. The van der Waals surface area contributed by atoms with Gasteiger partial charge < -0.3 is 25.2 Å². The summed E-state index contributed by atoms with van der Waals surface area (Å²) in [6, 6.07) is 12.7. The minimum Gasteiger partial charge on any atom is -0.394 e. The Morgan fingerprint density at radius 2 is 1.64 bits per heavy atom. The van der Waals surface area contributed by atoms with Gasteiger partial charge in [-0.05, 0) is 41.3 Å². The highest BCUT2D eigenvalue weighted by Crippen LogP contribution is 2.32. The van der Waals surface area contributed by atoms with Crippen LogP contribution in [0.25, 0.3) is 6.08 Å². The average molecular weight is 425 g/mol. The first-order valence-corrected chi connectivity index (χ1v) is 9.66. The molecule has 7 heteroatoms. The fraction of sp³-hybridized carbons (Fsp3) is 0.333. The van der Waals surface area contributed by atoms with E-state index in [9.17, 15) is 20.4 Å². The third-order valence-corrected chi connectivity index (χ3v) is 5.16. The lowest BCUT2D eigenvalue weighted by Gasteiger charge is -2.40. The molecule has 2 aromatic rings. The van der Waals surface area contributed by atoms with E-state index in [1.165, 1.54) is 0 Å². The van der Waals surface area contributed by atoms with Crippen molar-refractivity contribution < 1.29 is 25.2 Å². The van der Waals surface area contributed by atoms with E-state index in [4.69, 9.17) is 27.9 Å². The van der Waals surface area contributed by atoms with Crippen LogP contribution in [0, 0.1) is 0 Å². The molecule has 150 valence electrons. The van der Waals surface area contributed by atoms with Gasteiger partial charge in [0.25, 0.3) is 0 Å². The molecule has 3 rings (SSSR count). The molecular formula is C21H22Cl2O5. The molecule has 0 aliphatic carbocycles. The van der Waals surface area contributed by atoms with E-state index in [1.54, 1.807) is 12.1 Å². The molecule has 1 heterocycles. The Hall–Kier alpha value is -1.44. The Bertz CT molecular complexity index is 819. The van der Waals surface area contributed by atoms with Gasteiger partial charge in [0, 0.05) is 10.0 Å². The molecule has 1 aliphatic rings. The second kappa shape index (κ2) is 9.37. The molecule has 1 aliphatic heterocycles. The summed E-state index contributed by atoms with van der Waals surface area (Å²) in [6.45, 7) is -0.452. The smallest absolute Gasteiger partial charge is 0.113 e. The third kappa shape index (κ3) is 4.93. The van der Waals surface area contributed by atoms with E-state index < -0.39 is 37.1 Å². The van der Waals surface area contributed by atoms with Gasteiger partial charge in [-0.15, -0.1) is 0 Å². The normalized spacial score (nSPS) is 28.0. The Labute approximate surface area is 173 Å². The second-order valence-electron chi connectivity index (χ2n) is 6.80. The average Bonchev–Trinajstić information content (AvgIpc) is 2.66. The van der Waals surface area contributed by atoms with Crippen LogP contribution in [0.5, 0.6) is 0 Å². The summed E-state index contributed by atoms with van der Waals surface area (Å²) in [7, 11) is 0. The van der Waals surface area contributed by atoms with Crippen LogP contribution < -0.4 is 0 Å². The molecule has 0 radical (unpaired) electrons. The molecule has 0 amide bonds. The molecule has 0 saturated carbocycles. The zero-order chi connectivity index (χ0) is 20.3. The maximum absolute atomic E-state index is 10.3. The molecule has 0 aromatic heterocycles. The predicted molar refractivity (Wildman–Crippen MR) is 108 cm³/mol. The Morgan fingerprint density at radius 1 is 0.929 bits per heavy atom. The first kappa shape index (κ1) is 21.3. The number of aliphatic hydroxyl groups excluding tert-OH is 4. The van der Waals surface area contributed by atoms with Crippen molar-refractivity contribution in [3.63, 3.8) is 0 Å². The van der Waals surface area contributed by atoms with Gasteiger partial charge in [0.15, 0.2) is 0 Å². The van der Waals surface area contributed by atoms with E-state index in [0.29, 0.717) is 22.0 Å². The highest BCUT2D eigenvalue weighted by molar-refractivity contribution is 6.34. The largest absolute Gasteiger partial charge is 0.394 e. The van der Waals surface area contributed by atoms with Crippen LogP contribution in [0.3, 0.4) is 0 Å². The lowest BCUT2D eigenvalue weighted by atomic mass is 9.90. The van der Waals surface area contributed by atoms with Crippen molar-refractivity contribution in [3.8, 4) is 0 Å². The predicted octanol–water partition coefficient (Wildman–Crippen LogP) is 2.76. The monoisotopic (exact) mass is 424 g/mol. The van der Waals surface area contributed by atoms with Crippen molar-refractivity contribution in [1.29, 1.82) is 0 Å². The molecule has 1 fully saturated rings. The first-order chi connectivity index (χ1) is 13.4. The topological polar surface area (TPSA) is 90.2 Å². The molecule has 0 unspecified atom stereocenters. The number of aliphatic hydroxyl groups is 4. The number of ether oxygens (including phenoxy) is 1. The number of rotatable bonds is 5. The second-order valence-corrected chi connectivity index (χ2v) is 7.68. The molecule has 28 heavy (non-hydrogen) atoms. The minimum atomic E-state index is -1.40. The summed E-state index contributed by atoms with van der Waals surface area (Å²) in [4.78, 5) is 0. The standard InChI is InChI=1S/C21H22Cl2O5/c22-15-8-13(9-16(23)10-15)5-1-3-12-4-2-6-14(7-12)21-20(27)19(26)18(25)17(11-24)28-21/h1-2,4-10,17-21,24-27H,3,11H2/b5-1+/t17-,18-,19+,20+,21-/m1/s1. The van der Waals surface area contributed by atoms with Gasteiger partial charge in [-0.1, -0.05) is 59.6 Å². The van der Waals surface area contributed by atoms with Crippen LogP contribution >= 0.6 is 23.2 Å². The highest BCUT2D eigenvalue weighted by Gasteiger charge is 2.43. The lowest BCUT2D eigenvalue weighted by Crippen LogP contribution is -2.55. The summed E-state index contributed by atoms with van der Waals surface area (Å²) < 4.78 is 5.61. The van der Waals surface area contributed by atoms with Crippen LogP contribution in [0.2, 0.25) is 10.0 Å². The Morgan fingerprint density at radius 3 is 2.32 bits per heavy atom. The molecule has 0 spiro atoms. The van der Waals surface area contributed by atoms with Crippen molar-refractivity contribution in [2.45, 2.75) is 36.9 Å². The molecule has 4 N–H and O–H groups in total. The van der Waals surface area contributed by atoms with Gasteiger partial charge in [0.05, 0.1) is 6.61 Å². The lowest BCUT2D eigenvalue weighted by molar-refractivity contribution is -0.231. The SMILES string of the molecule is OC[C@H]1O[C@H](c2cccc(C/C=C/c3cc(Cl)cc(Cl)c3)c2)[C@@H](O)[C@@H](O)[C@@H]1O. The number of hydrogen-bond acceptors (Lipinski definition) is 5. The Balaban J connectivity index is 1.74. The Kier molecular flexibility index (Phi) is 7.12. The summed E-state index contributed by atoms with van der Waals surface area (Å²) in [5, 5.41) is 40.7. The van der Waals surface area contributed by atoms with Crippen LogP contribution in [0.15, 0.2) is 48.5 Å². The molecule has 1 saturated heterocycles. The number of allylic oxidation sites excluding steroid dienone is 1. The van der Waals surface area contributed by atoms with Crippen molar-refractivity contribution in [2.24, 2.45) is 0 Å². The van der Waals surface area contributed by atoms with Crippen LogP contribution in [0.1, 0.15) is 22.8 Å². The van der Waals surface area contributed by atoms with Crippen LogP contribution in [-0.2, 0) is 11.2 Å². The minimum absolute atomic E-state index is 0.452. The van der Waals surface area contributed by atoms with Gasteiger partial charge in [-0.25, -0.2) is 0 Å². The number of benzene rings is 2. The van der Waals surface area contributed by atoms with E-state index in [-0.39, 0.29) is 0 Å². The third-order valence-electron chi connectivity index (χ3n) is 4.72. The first-order valence-electron chi connectivity index (χ1n) is 8.91. The van der Waals surface area contributed by atoms with Crippen molar-refractivity contribution in [1.82, 2.24) is 0 Å². The molecule has 0 bridgehead atoms. The van der Waals surface area contributed by atoms with E-state index >= 15 is 0 Å². The van der Waals surface area contributed by atoms with Crippen LogP contribution in [0.4, 0.5) is 0 Å². The molecule has 2 aromatic carbocycles. The number of hydrogen-bond donors (Lipinski definition) is 4. The van der Waals surface area contributed by atoms with Crippen molar-refractivity contribution in [3.05, 3.63) is 75.3 Å². The maximum atomic E-state index is 10.3. The van der Waals surface area contributed by atoms with E-state index in [1.807, 2.05) is 42.5 Å². The zero-order valence-corrected chi connectivity index (χ0v) is 16.5. The molecule has 5 atom stereocenters. The molecule has 5 nitrogen and oxygen atoms in total. The summed E-state index contributed by atoms with van der Waals surface area (Å²) in [5.41, 5.74) is 2.52. The van der Waals surface area contributed by atoms with Gasteiger partial charge in [-0.3, -0.25) is 0 Å². The van der Waals surface area contributed by atoms with Crippen LogP contribution in [-0.4, -0.2) is 51.4 Å². The van der Waals surface area contributed by atoms with Gasteiger partial charge in [0.1, 0.15) is 30.5 Å². The highest BCUT2D eigenvalue weighted by atomic mass is 35.5. The summed E-state index contributed by atoms with van der Waals surface area (Å²) in [6.07, 6.45) is -1.33. The van der Waals surface area contributed by atoms with Gasteiger partial charge >= 0.3 is 0 Å². The van der Waals surface area contributed by atoms with E-state index in [2.05, 4.69) is 0 Å². The van der Waals surface area contributed by atoms with Gasteiger partial charge in [0.2, 0.25) is 0 Å². The summed E-state index contributed by atoms with van der Waals surface area (Å²) in [5.74, 6) is 0. The fourth-order valence-electron chi connectivity index (χ4n) is 3.28. The maximum Gasteiger partial charge on any atom is 0.113 e. The molecular weight excluding hydrogens is 403 g/mol. The van der Waals surface area contributed by atoms with Crippen molar-refractivity contribution >= 4 is 29.3 Å². The zero-order valence-electron chi connectivity index (χ0n) is 15.0.